The van der Waals surface area contributed by atoms with Gasteiger partial charge in [-0.15, -0.1) is 0 Å². The summed E-state index contributed by atoms with van der Waals surface area (Å²) in [7, 11) is 0. The standard InChI is InChI=1S/C25H21F5N6O/c1-12(2)20-10-16(22-23(31)32-11-33-36(20)22)14-4-6-19-15(21(14)27)7-8-35(19)24(37)34-18-9-13(25(28,29)30)3-5-17(18)26/h3-6,9-12H,7-8H2,1-2H3,(H,34,37)(H2,31,32,33). The molecule has 0 aliphatic carbocycles. The first kappa shape index (κ1) is 24.5. The molecule has 0 fully saturated rings. The summed E-state index contributed by atoms with van der Waals surface area (Å²) in [6, 6.07) is 5.69. The van der Waals surface area contributed by atoms with Gasteiger partial charge >= 0.3 is 12.2 Å². The molecule has 0 spiro atoms. The van der Waals surface area contributed by atoms with E-state index in [0.29, 0.717) is 29.3 Å². The average molecular weight is 516 g/mol. The Morgan fingerprint density at radius 2 is 1.86 bits per heavy atom. The van der Waals surface area contributed by atoms with Gasteiger partial charge in [0.05, 0.1) is 16.9 Å². The Morgan fingerprint density at radius 3 is 2.57 bits per heavy atom. The number of benzene rings is 2. The third kappa shape index (κ3) is 4.11. The van der Waals surface area contributed by atoms with Gasteiger partial charge in [0.15, 0.2) is 5.82 Å². The Kier molecular flexibility index (Phi) is 5.76. The lowest BCUT2D eigenvalue weighted by Crippen LogP contribution is -2.33. The molecule has 2 aromatic heterocycles. The van der Waals surface area contributed by atoms with Crippen LogP contribution in [0.3, 0.4) is 0 Å². The van der Waals surface area contributed by atoms with Crippen LogP contribution >= 0.6 is 0 Å². The van der Waals surface area contributed by atoms with Crippen molar-refractivity contribution in [2.45, 2.75) is 32.4 Å². The van der Waals surface area contributed by atoms with E-state index < -0.39 is 35.1 Å². The molecule has 0 saturated carbocycles. The van der Waals surface area contributed by atoms with Crippen LogP contribution in [0.25, 0.3) is 16.6 Å². The molecule has 0 atom stereocenters. The molecule has 1 aliphatic heterocycles. The summed E-state index contributed by atoms with van der Waals surface area (Å²) in [5.74, 6) is -1.35. The topological polar surface area (TPSA) is 88.5 Å². The highest BCUT2D eigenvalue weighted by atomic mass is 19.4. The first-order valence-corrected chi connectivity index (χ1v) is 11.4. The number of hydrogen-bond donors (Lipinski definition) is 2. The summed E-state index contributed by atoms with van der Waals surface area (Å²) in [6.45, 7) is 3.99. The predicted molar refractivity (Wildman–Crippen MR) is 128 cm³/mol. The minimum atomic E-state index is -4.71. The number of alkyl halides is 3. The maximum atomic E-state index is 15.8. The SMILES string of the molecule is CC(C)c1cc(-c2ccc3c(c2F)CCN3C(=O)Nc2cc(C(F)(F)F)ccc2F)c2c(N)ncnn12. The van der Waals surface area contributed by atoms with Crippen molar-refractivity contribution in [3.05, 3.63) is 71.2 Å². The number of aromatic nitrogens is 3. The summed E-state index contributed by atoms with van der Waals surface area (Å²) in [5.41, 5.74) is 6.86. The minimum absolute atomic E-state index is 0.0567. The number of rotatable bonds is 3. The maximum absolute atomic E-state index is 15.8. The van der Waals surface area contributed by atoms with E-state index in [-0.39, 0.29) is 41.5 Å². The predicted octanol–water partition coefficient (Wildman–Crippen LogP) is 5.99. The van der Waals surface area contributed by atoms with Crippen LogP contribution in [-0.4, -0.2) is 27.2 Å². The zero-order valence-electron chi connectivity index (χ0n) is 19.7. The van der Waals surface area contributed by atoms with Gasteiger partial charge in [0.2, 0.25) is 0 Å². The fourth-order valence-corrected chi connectivity index (χ4v) is 4.55. The van der Waals surface area contributed by atoms with Gasteiger partial charge in [-0.2, -0.15) is 18.3 Å². The van der Waals surface area contributed by atoms with Crippen LogP contribution in [-0.2, 0) is 12.6 Å². The lowest BCUT2D eigenvalue weighted by atomic mass is 10.0. The molecule has 0 unspecified atom stereocenters. The molecule has 0 bridgehead atoms. The molecule has 3 heterocycles. The van der Waals surface area contributed by atoms with Gasteiger partial charge < -0.3 is 11.1 Å². The highest BCUT2D eigenvalue weighted by molar-refractivity contribution is 6.03. The fraction of sp³-hybridized carbons (Fsp3) is 0.240. The van der Waals surface area contributed by atoms with E-state index in [4.69, 9.17) is 5.73 Å². The van der Waals surface area contributed by atoms with Crippen molar-refractivity contribution in [1.82, 2.24) is 14.6 Å². The van der Waals surface area contributed by atoms with E-state index >= 15 is 4.39 Å². The lowest BCUT2D eigenvalue weighted by molar-refractivity contribution is -0.137. The normalized spacial score (nSPS) is 13.5. The van der Waals surface area contributed by atoms with Crippen molar-refractivity contribution in [3.63, 3.8) is 0 Å². The number of nitrogens with zero attached hydrogens (tertiary/aromatic N) is 4. The molecule has 5 rings (SSSR count). The molecule has 7 nitrogen and oxygen atoms in total. The van der Waals surface area contributed by atoms with E-state index in [9.17, 15) is 22.4 Å². The number of anilines is 3. The highest BCUT2D eigenvalue weighted by Gasteiger charge is 2.33. The largest absolute Gasteiger partial charge is 0.416 e. The lowest BCUT2D eigenvalue weighted by Gasteiger charge is -2.19. The van der Waals surface area contributed by atoms with E-state index in [1.54, 1.807) is 16.6 Å². The summed E-state index contributed by atoms with van der Waals surface area (Å²) in [4.78, 5) is 18.1. The van der Waals surface area contributed by atoms with E-state index in [1.165, 1.54) is 12.4 Å². The summed E-state index contributed by atoms with van der Waals surface area (Å²) in [6.07, 6.45) is -3.23. The number of carbonyl (C=O) groups excluding carboxylic acids is 1. The number of halogens is 5. The van der Waals surface area contributed by atoms with Crippen molar-refractivity contribution >= 4 is 28.7 Å². The van der Waals surface area contributed by atoms with E-state index in [1.807, 2.05) is 13.8 Å². The molecule has 3 N–H and O–H groups in total. The Morgan fingerprint density at radius 1 is 1.11 bits per heavy atom. The summed E-state index contributed by atoms with van der Waals surface area (Å²) < 4.78 is 70.6. The number of fused-ring (bicyclic) bond motifs is 2. The zero-order valence-corrected chi connectivity index (χ0v) is 19.7. The van der Waals surface area contributed by atoms with Crippen LogP contribution in [0.1, 0.15) is 36.6 Å². The van der Waals surface area contributed by atoms with Crippen molar-refractivity contribution in [1.29, 1.82) is 0 Å². The van der Waals surface area contributed by atoms with Gasteiger partial charge in [0, 0.05) is 28.9 Å². The second kappa shape index (κ2) is 8.71. The smallest absolute Gasteiger partial charge is 0.382 e. The Bertz CT molecular complexity index is 1550. The molecule has 2 amide bonds. The third-order valence-corrected chi connectivity index (χ3v) is 6.37. The van der Waals surface area contributed by atoms with Gasteiger partial charge in [-0.3, -0.25) is 4.90 Å². The van der Waals surface area contributed by atoms with E-state index in [0.717, 1.165) is 10.6 Å². The number of nitrogen functional groups attached to an aromatic ring is 1. The number of hydrogen-bond acceptors (Lipinski definition) is 4. The van der Waals surface area contributed by atoms with Crippen molar-refractivity contribution < 1.29 is 26.7 Å². The monoisotopic (exact) mass is 516 g/mol. The molecule has 12 heteroatoms. The van der Waals surface area contributed by atoms with Gasteiger partial charge in [0.1, 0.15) is 23.5 Å². The Labute approximate surface area is 207 Å². The second-order valence-corrected chi connectivity index (χ2v) is 8.99. The highest BCUT2D eigenvalue weighted by Crippen LogP contribution is 2.40. The third-order valence-electron chi connectivity index (χ3n) is 6.37. The Hall–Kier alpha value is -4.22. The van der Waals surface area contributed by atoms with Crippen LogP contribution in [0.5, 0.6) is 0 Å². The molecule has 37 heavy (non-hydrogen) atoms. The quantitative estimate of drug-likeness (QED) is 0.327. The summed E-state index contributed by atoms with van der Waals surface area (Å²) in [5, 5.41) is 6.43. The molecular formula is C25H21F5N6O. The van der Waals surface area contributed by atoms with Crippen LogP contribution in [0, 0.1) is 11.6 Å². The maximum Gasteiger partial charge on any atom is 0.416 e. The molecule has 4 aromatic rings. The number of carbonyl (C=O) groups is 1. The molecule has 1 aliphatic rings. The molecule has 192 valence electrons. The second-order valence-electron chi connectivity index (χ2n) is 8.99. The first-order chi connectivity index (χ1) is 17.5. The minimum Gasteiger partial charge on any atom is -0.382 e. The number of urea groups is 1. The molecule has 2 aromatic carbocycles. The van der Waals surface area contributed by atoms with Crippen molar-refractivity contribution in [2.75, 3.05) is 22.5 Å². The fourth-order valence-electron chi connectivity index (χ4n) is 4.55. The van der Waals surface area contributed by atoms with E-state index in [2.05, 4.69) is 15.4 Å². The number of nitrogens with one attached hydrogen (secondary N) is 1. The van der Waals surface area contributed by atoms with Gasteiger partial charge in [-0.1, -0.05) is 13.8 Å². The van der Waals surface area contributed by atoms with Crippen molar-refractivity contribution in [2.24, 2.45) is 0 Å². The van der Waals surface area contributed by atoms with Gasteiger partial charge in [0.25, 0.3) is 0 Å². The first-order valence-electron chi connectivity index (χ1n) is 11.4. The number of nitrogens with two attached hydrogens (primary N) is 1. The van der Waals surface area contributed by atoms with Crippen LogP contribution in [0.15, 0.2) is 42.7 Å². The zero-order chi connectivity index (χ0) is 26.6. The Balaban J connectivity index is 1.50. The molecule has 0 radical (unpaired) electrons. The molecular weight excluding hydrogens is 495 g/mol. The van der Waals surface area contributed by atoms with Crippen LogP contribution in [0.2, 0.25) is 0 Å². The van der Waals surface area contributed by atoms with Crippen LogP contribution in [0.4, 0.5) is 43.9 Å². The van der Waals surface area contributed by atoms with Gasteiger partial charge in [-0.25, -0.2) is 23.1 Å². The summed E-state index contributed by atoms with van der Waals surface area (Å²) >= 11 is 0. The van der Waals surface area contributed by atoms with Crippen LogP contribution < -0.4 is 16.0 Å². The average Bonchev–Trinajstić information content (AvgIpc) is 3.43. The van der Waals surface area contributed by atoms with Gasteiger partial charge in [-0.05, 0) is 48.7 Å². The van der Waals surface area contributed by atoms with Crippen molar-refractivity contribution in [3.8, 4) is 11.1 Å². The molecule has 0 saturated heterocycles. The number of amides is 2.